The smallest absolute Gasteiger partial charge is 0.239 e. The Bertz CT molecular complexity index is 524. The number of carbonyl (C=O) groups excluding carboxylic acids is 1. The van der Waals surface area contributed by atoms with Gasteiger partial charge in [-0.15, -0.1) is 0 Å². The molecule has 3 aliphatic rings. The predicted molar refractivity (Wildman–Crippen MR) is 73.6 cm³/mol. The Morgan fingerprint density at radius 2 is 2.05 bits per heavy atom. The number of nitrogens with two attached hydrogens (primary N) is 1. The lowest BCUT2D eigenvalue weighted by molar-refractivity contribution is -0.122. The Morgan fingerprint density at radius 1 is 1.47 bits per heavy atom. The maximum absolute atomic E-state index is 11.9. The van der Waals surface area contributed by atoms with Crippen LogP contribution in [-0.4, -0.2) is 25.6 Å². The summed E-state index contributed by atoms with van der Waals surface area (Å²) in [7, 11) is -3.84. The molecule has 3 aliphatic carbocycles. The minimum atomic E-state index is -3.84. The van der Waals surface area contributed by atoms with Crippen LogP contribution in [0.4, 0.5) is 0 Å². The van der Waals surface area contributed by atoms with Crippen molar-refractivity contribution in [3.05, 3.63) is 12.2 Å². The molecule has 1 amide bonds. The number of rotatable bonds is 3. The fourth-order valence-corrected chi connectivity index (χ4v) is 3.68. The molecule has 0 aromatic carbocycles. The quantitative estimate of drug-likeness (QED) is 0.751. The third kappa shape index (κ3) is 2.31. The summed E-state index contributed by atoms with van der Waals surface area (Å²) in [6.45, 7) is 9.84. The fraction of sp³-hybridized carbons (Fsp3) is 0.769. The summed E-state index contributed by atoms with van der Waals surface area (Å²) in [6, 6.07) is -0.117. The Balaban J connectivity index is 2.03. The molecule has 2 bridgehead atoms. The first-order chi connectivity index (χ1) is 8.55. The van der Waals surface area contributed by atoms with Gasteiger partial charge in [0.1, 0.15) is 0 Å². The molecule has 3 rings (SSSR count). The lowest BCUT2D eigenvalue weighted by atomic mass is 9.46. The van der Waals surface area contributed by atoms with Gasteiger partial charge in [0.25, 0.3) is 0 Å². The van der Waals surface area contributed by atoms with Crippen molar-refractivity contribution >= 4 is 15.9 Å². The summed E-state index contributed by atoms with van der Waals surface area (Å²) in [6.07, 6.45) is 1.97. The van der Waals surface area contributed by atoms with Crippen LogP contribution in [0.2, 0.25) is 0 Å². The SMILES string of the molecule is C=C1C(NC(=O)C(C)S(N)(=O)=O)C[C@H]2C[C@@H]1C2(C)C. The van der Waals surface area contributed by atoms with Crippen molar-refractivity contribution in [2.45, 2.75) is 44.9 Å². The molecule has 2 unspecified atom stereocenters. The van der Waals surface area contributed by atoms with Crippen LogP contribution in [0.25, 0.3) is 0 Å². The van der Waals surface area contributed by atoms with E-state index < -0.39 is 21.2 Å². The van der Waals surface area contributed by atoms with E-state index in [1.165, 1.54) is 6.92 Å². The molecular formula is C13H22N2O3S. The standard InChI is InChI=1S/C13H22N2O3S/c1-7-10-5-9(13(10,3)4)6-11(7)15-12(16)8(2)19(14,17)18/h8-11H,1,5-6H2,2-4H3,(H,15,16)(H2,14,17,18)/t8?,9-,10+,11?/m1/s1. The average molecular weight is 286 g/mol. The Labute approximate surface area is 114 Å². The molecule has 0 radical (unpaired) electrons. The summed E-state index contributed by atoms with van der Waals surface area (Å²) in [5.41, 5.74) is 1.27. The van der Waals surface area contributed by atoms with Gasteiger partial charge < -0.3 is 5.32 Å². The van der Waals surface area contributed by atoms with Crippen LogP contribution in [0.1, 0.15) is 33.6 Å². The van der Waals surface area contributed by atoms with Crippen molar-refractivity contribution in [1.29, 1.82) is 0 Å². The molecule has 108 valence electrons. The maximum atomic E-state index is 11.9. The highest BCUT2D eigenvalue weighted by Gasteiger charge is 2.55. The van der Waals surface area contributed by atoms with E-state index in [0.29, 0.717) is 11.8 Å². The van der Waals surface area contributed by atoms with Gasteiger partial charge in [0, 0.05) is 0 Å². The van der Waals surface area contributed by atoms with Crippen molar-refractivity contribution in [1.82, 2.24) is 5.32 Å². The normalized spacial score (nSPS) is 34.3. The van der Waals surface area contributed by atoms with Crippen LogP contribution in [0.15, 0.2) is 12.2 Å². The van der Waals surface area contributed by atoms with Crippen molar-refractivity contribution in [2.24, 2.45) is 22.4 Å². The van der Waals surface area contributed by atoms with Crippen LogP contribution < -0.4 is 10.5 Å². The number of sulfonamides is 1. The number of carbonyl (C=O) groups is 1. The lowest BCUT2D eigenvalue weighted by Gasteiger charge is -2.60. The minimum absolute atomic E-state index is 0.117. The van der Waals surface area contributed by atoms with Gasteiger partial charge >= 0.3 is 0 Å². The number of nitrogens with one attached hydrogen (secondary N) is 1. The lowest BCUT2D eigenvalue weighted by Crippen LogP contribution is -2.58. The van der Waals surface area contributed by atoms with Crippen molar-refractivity contribution in [2.75, 3.05) is 0 Å². The van der Waals surface area contributed by atoms with E-state index in [-0.39, 0.29) is 11.5 Å². The minimum Gasteiger partial charge on any atom is -0.348 e. The Kier molecular flexibility index (Phi) is 3.30. The van der Waals surface area contributed by atoms with Gasteiger partial charge in [0.2, 0.25) is 15.9 Å². The highest BCUT2D eigenvalue weighted by Crippen LogP contribution is 2.60. The van der Waals surface area contributed by atoms with Gasteiger partial charge in [-0.25, -0.2) is 13.6 Å². The number of hydrogen-bond donors (Lipinski definition) is 2. The van der Waals surface area contributed by atoms with Gasteiger partial charge in [0.05, 0.1) is 6.04 Å². The maximum Gasteiger partial charge on any atom is 0.239 e. The summed E-state index contributed by atoms with van der Waals surface area (Å²) in [5.74, 6) is 0.451. The molecule has 0 spiro atoms. The zero-order valence-electron chi connectivity index (χ0n) is 11.6. The molecular weight excluding hydrogens is 264 g/mol. The first kappa shape index (κ1) is 14.5. The zero-order chi connectivity index (χ0) is 14.6. The van der Waals surface area contributed by atoms with Crippen LogP contribution in [0, 0.1) is 17.3 Å². The van der Waals surface area contributed by atoms with E-state index in [1.54, 1.807) is 0 Å². The van der Waals surface area contributed by atoms with E-state index in [0.717, 1.165) is 18.4 Å². The van der Waals surface area contributed by atoms with Crippen LogP contribution in [-0.2, 0) is 14.8 Å². The Morgan fingerprint density at radius 3 is 2.47 bits per heavy atom. The largest absolute Gasteiger partial charge is 0.348 e. The first-order valence-corrected chi connectivity index (χ1v) is 8.16. The average Bonchev–Trinajstić information content (AvgIpc) is 2.28. The first-order valence-electron chi connectivity index (χ1n) is 6.55. The van der Waals surface area contributed by atoms with Crippen LogP contribution in [0.5, 0.6) is 0 Å². The Hall–Kier alpha value is -0.880. The number of hydrogen-bond acceptors (Lipinski definition) is 3. The molecule has 0 aromatic heterocycles. The van der Waals surface area contributed by atoms with E-state index in [4.69, 9.17) is 5.14 Å². The van der Waals surface area contributed by atoms with E-state index in [1.807, 2.05) is 0 Å². The van der Waals surface area contributed by atoms with Crippen molar-refractivity contribution in [3.8, 4) is 0 Å². The molecule has 0 aliphatic heterocycles. The molecule has 19 heavy (non-hydrogen) atoms. The second kappa shape index (κ2) is 4.31. The van der Waals surface area contributed by atoms with Crippen LogP contribution in [0.3, 0.4) is 0 Å². The van der Waals surface area contributed by atoms with Gasteiger partial charge in [-0.05, 0) is 37.0 Å². The summed E-state index contributed by atoms with van der Waals surface area (Å²) >= 11 is 0. The third-order valence-corrected chi connectivity index (χ3v) is 6.26. The second-order valence-corrected chi connectivity index (χ2v) is 8.29. The fourth-order valence-electron chi connectivity index (χ4n) is 3.31. The van der Waals surface area contributed by atoms with Gasteiger partial charge in [-0.1, -0.05) is 26.0 Å². The summed E-state index contributed by atoms with van der Waals surface area (Å²) < 4.78 is 22.3. The van der Waals surface area contributed by atoms with E-state index >= 15 is 0 Å². The highest BCUT2D eigenvalue weighted by atomic mass is 32.2. The van der Waals surface area contributed by atoms with E-state index in [2.05, 4.69) is 25.7 Å². The van der Waals surface area contributed by atoms with Crippen molar-refractivity contribution < 1.29 is 13.2 Å². The number of fused-ring (bicyclic) bond motifs is 2. The number of primary sulfonamides is 1. The molecule has 0 saturated heterocycles. The molecule has 6 heteroatoms. The summed E-state index contributed by atoms with van der Waals surface area (Å²) in [5, 5.41) is 6.55. The van der Waals surface area contributed by atoms with E-state index in [9.17, 15) is 13.2 Å². The molecule has 3 saturated carbocycles. The van der Waals surface area contributed by atoms with Gasteiger partial charge in [-0.2, -0.15) is 0 Å². The zero-order valence-corrected chi connectivity index (χ0v) is 12.5. The molecule has 5 nitrogen and oxygen atoms in total. The van der Waals surface area contributed by atoms with Crippen LogP contribution >= 0.6 is 0 Å². The molecule has 4 atom stereocenters. The van der Waals surface area contributed by atoms with Crippen molar-refractivity contribution in [3.63, 3.8) is 0 Å². The third-order valence-electron chi connectivity index (χ3n) is 5.06. The molecule has 0 aromatic rings. The molecule has 3 N–H and O–H groups in total. The number of amides is 1. The predicted octanol–water partition coefficient (Wildman–Crippen LogP) is 0.770. The van der Waals surface area contributed by atoms with Gasteiger partial charge in [-0.3, -0.25) is 4.79 Å². The topological polar surface area (TPSA) is 89.3 Å². The highest BCUT2D eigenvalue weighted by molar-refractivity contribution is 7.90. The summed E-state index contributed by atoms with van der Waals surface area (Å²) in [4.78, 5) is 11.9. The monoisotopic (exact) mass is 286 g/mol. The molecule has 3 fully saturated rings. The second-order valence-electron chi connectivity index (χ2n) is 6.41. The molecule has 0 heterocycles. The van der Waals surface area contributed by atoms with Gasteiger partial charge in [0.15, 0.2) is 5.25 Å².